The van der Waals surface area contributed by atoms with E-state index in [4.69, 9.17) is 5.11 Å². The van der Waals surface area contributed by atoms with Crippen LogP contribution >= 0.6 is 0 Å². The standard InChI is InChI=1S/C11H19NO2/c1-8(6-9-2-3-9)12-5-4-10(7-12)11(13)14/h8-10H,2-7H2,1H3,(H,13,14). The predicted octanol–water partition coefficient (Wildman–Crippen LogP) is 1.58. The molecule has 1 aliphatic carbocycles. The van der Waals surface area contributed by atoms with E-state index in [1.807, 2.05) is 0 Å². The first-order valence-electron chi connectivity index (χ1n) is 5.63. The molecule has 14 heavy (non-hydrogen) atoms. The summed E-state index contributed by atoms with van der Waals surface area (Å²) in [7, 11) is 0. The normalized spacial score (nSPS) is 30.5. The predicted molar refractivity (Wildman–Crippen MR) is 54.1 cm³/mol. The molecule has 0 aromatic heterocycles. The zero-order valence-electron chi connectivity index (χ0n) is 8.78. The number of hydrogen-bond donors (Lipinski definition) is 1. The minimum atomic E-state index is -0.619. The van der Waals surface area contributed by atoms with Gasteiger partial charge in [-0.05, 0) is 32.2 Å². The molecule has 1 heterocycles. The molecular weight excluding hydrogens is 178 g/mol. The second-order valence-corrected chi connectivity index (χ2v) is 4.85. The van der Waals surface area contributed by atoms with Crippen molar-refractivity contribution in [2.75, 3.05) is 13.1 Å². The third kappa shape index (κ3) is 2.27. The fourth-order valence-electron chi connectivity index (χ4n) is 2.37. The zero-order chi connectivity index (χ0) is 10.1. The summed E-state index contributed by atoms with van der Waals surface area (Å²) in [6, 6.07) is 0.590. The number of rotatable bonds is 4. The Balaban J connectivity index is 1.78. The molecule has 0 aromatic rings. The van der Waals surface area contributed by atoms with Crippen LogP contribution in [0.3, 0.4) is 0 Å². The van der Waals surface area contributed by atoms with E-state index in [0.717, 1.165) is 25.4 Å². The van der Waals surface area contributed by atoms with Crippen molar-refractivity contribution in [3.63, 3.8) is 0 Å². The second kappa shape index (κ2) is 3.89. The molecule has 2 unspecified atom stereocenters. The van der Waals surface area contributed by atoms with Gasteiger partial charge < -0.3 is 5.11 Å². The van der Waals surface area contributed by atoms with Crippen LogP contribution in [0, 0.1) is 11.8 Å². The van der Waals surface area contributed by atoms with Gasteiger partial charge in [-0.15, -0.1) is 0 Å². The van der Waals surface area contributed by atoms with Crippen LogP contribution in [0.15, 0.2) is 0 Å². The highest BCUT2D eigenvalue weighted by Gasteiger charge is 2.33. The number of carboxylic acids is 1. The summed E-state index contributed by atoms with van der Waals surface area (Å²) >= 11 is 0. The third-order valence-corrected chi connectivity index (χ3v) is 3.56. The van der Waals surface area contributed by atoms with Crippen LogP contribution in [-0.2, 0) is 4.79 Å². The van der Waals surface area contributed by atoms with Gasteiger partial charge in [-0.2, -0.15) is 0 Å². The highest BCUT2D eigenvalue weighted by molar-refractivity contribution is 5.70. The van der Waals surface area contributed by atoms with Crippen molar-refractivity contribution in [1.82, 2.24) is 4.90 Å². The number of nitrogens with zero attached hydrogens (tertiary/aromatic N) is 1. The van der Waals surface area contributed by atoms with Gasteiger partial charge >= 0.3 is 5.97 Å². The summed E-state index contributed by atoms with van der Waals surface area (Å²) in [5, 5.41) is 8.88. The van der Waals surface area contributed by atoms with E-state index in [1.54, 1.807) is 0 Å². The summed E-state index contributed by atoms with van der Waals surface area (Å²) in [6.07, 6.45) is 4.89. The van der Waals surface area contributed by atoms with Crippen LogP contribution in [0.25, 0.3) is 0 Å². The number of carboxylic acid groups (broad SMARTS) is 1. The number of likely N-dealkylation sites (tertiary alicyclic amines) is 1. The van der Waals surface area contributed by atoms with Crippen LogP contribution < -0.4 is 0 Å². The van der Waals surface area contributed by atoms with E-state index in [2.05, 4.69) is 11.8 Å². The second-order valence-electron chi connectivity index (χ2n) is 4.85. The quantitative estimate of drug-likeness (QED) is 0.744. The molecule has 0 aromatic carbocycles. The lowest BCUT2D eigenvalue weighted by molar-refractivity contribution is -0.141. The van der Waals surface area contributed by atoms with E-state index in [0.29, 0.717) is 6.04 Å². The van der Waals surface area contributed by atoms with Gasteiger partial charge in [0.2, 0.25) is 0 Å². The van der Waals surface area contributed by atoms with Gasteiger partial charge in [0, 0.05) is 12.6 Å². The van der Waals surface area contributed by atoms with Gasteiger partial charge in [0.15, 0.2) is 0 Å². The molecule has 2 fully saturated rings. The maximum atomic E-state index is 10.8. The monoisotopic (exact) mass is 197 g/mol. The summed E-state index contributed by atoms with van der Waals surface area (Å²) in [6.45, 7) is 3.98. The SMILES string of the molecule is CC(CC1CC1)N1CCC(C(=O)O)C1. The van der Waals surface area contributed by atoms with Crippen molar-refractivity contribution < 1.29 is 9.90 Å². The minimum absolute atomic E-state index is 0.114. The van der Waals surface area contributed by atoms with Gasteiger partial charge in [0.05, 0.1) is 5.92 Å². The van der Waals surface area contributed by atoms with Gasteiger partial charge in [-0.25, -0.2) is 0 Å². The topological polar surface area (TPSA) is 40.5 Å². The largest absolute Gasteiger partial charge is 0.481 e. The molecule has 3 heteroatoms. The van der Waals surface area contributed by atoms with Gasteiger partial charge in [-0.3, -0.25) is 9.69 Å². The van der Waals surface area contributed by atoms with E-state index < -0.39 is 5.97 Å². The number of carbonyl (C=O) groups is 1. The lowest BCUT2D eigenvalue weighted by Crippen LogP contribution is -2.32. The molecule has 1 saturated heterocycles. The minimum Gasteiger partial charge on any atom is -0.481 e. The molecular formula is C11H19NO2. The number of hydrogen-bond acceptors (Lipinski definition) is 2. The Morgan fingerprint density at radius 2 is 2.21 bits per heavy atom. The summed E-state index contributed by atoms with van der Waals surface area (Å²) in [5.74, 6) is 0.205. The molecule has 80 valence electrons. The van der Waals surface area contributed by atoms with Crippen LogP contribution in [0.2, 0.25) is 0 Å². The molecule has 2 rings (SSSR count). The van der Waals surface area contributed by atoms with Crippen LogP contribution in [0.5, 0.6) is 0 Å². The summed E-state index contributed by atoms with van der Waals surface area (Å²) in [4.78, 5) is 13.1. The first-order valence-corrected chi connectivity index (χ1v) is 5.63. The number of aliphatic carboxylic acids is 1. The van der Waals surface area contributed by atoms with Crippen molar-refractivity contribution in [1.29, 1.82) is 0 Å². The van der Waals surface area contributed by atoms with Crippen molar-refractivity contribution >= 4 is 5.97 Å². The molecule has 0 radical (unpaired) electrons. The summed E-state index contributed by atoms with van der Waals surface area (Å²) in [5.41, 5.74) is 0. The molecule has 1 saturated carbocycles. The van der Waals surface area contributed by atoms with Crippen LogP contribution in [0.1, 0.15) is 32.6 Å². The average molecular weight is 197 g/mol. The smallest absolute Gasteiger partial charge is 0.307 e. The Bertz CT molecular complexity index is 225. The molecule has 3 nitrogen and oxygen atoms in total. The Morgan fingerprint density at radius 3 is 2.71 bits per heavy atom. The van der Waals surface area contributed by atoms with Crippen molar-refractivity contribution in [2.24, 2.45) is 11.8 Å². The Hall–Kier alpha value is -0.570. The third-order valence-electron chi connectivity index (χ3n) is 3.56. The molecule has 1 N–H and O–H groups in total. The van der Waals surface area contributed by atoms with Gasteiger partial charge in [0.25, 0.3) is 0 Å². The highest BCUT2D eigenvalue weighted by Crippen LogP contribution is 2.35. The molecule has 2 aliphatic rings. The lowest BCUT2D eigenvalue weighted by atomic mass is 10.1. The average Bonchev–Trinajstić information content (AvgIpc) is 2.81. The zero-order valence-corrected chi connectivity index (χ0v) is 8.78. The van der Waals surface area contributed by atoms with E-state index in [9.17, 15) is 4.79 Å². The lowest BCUT2D eigenvalue weighted by Gasteiger charge is -2.23. The first kappa shape index (κ1) is 9.97. The van der Waals surface area contributed by atoms with Gasteiger partial charge in [0.1, 0.15) is 0 Å². The fraction of sp³-hybridized carbons (Fsp3) is 0.909. The molecule has 2 atom stereocenters. The van der Waals surface area contributed by atoms with Gasteiger partial charge in [-0.1, -0.05) is 12.8 Å². The van der Waals surface area contributed by atoms with E-state index in [1.165, 1.54) is 19.3 Å². The Labute approximate surface area is 85.1 Å². The molecule has 0 spiro atoms. The van der Waals surface area contributed by atoms with Crippen LogP contribution in [0.4, 0.5) is 0 Å². The van der Waals surface area contributed by atoms with Crippen molar-refractivity contribution in [2.45, 2.75) is 38.6 Å². The van der Waals surface area contributed by atoms with Crippen molar-refractivity contribution in [3.05, 3.63) is 0 Å². The fourth-order valence-corrected chi connectivity index (χ4v) is 2.37. The molecule has 0 bridgehead atoms. The first-order chi connectivity index (χ1) is 6.66. The Kier molecular flexibility index (Phi) is 2.77. The summed E-state index contributed by atoms with van der Waals surface area (Å²) < 4.78 is 0. The van der Waals surface area contributed by atoms with Crippen molar-refractivity contribution in [3.8, 4) is 0 Å². The highest BCUT2D eigenvalue weighted by atomic mass is 16.4. The molecule has 1 aliphatic heterocycles. The van der Waals surface area contributed by atoms with Crippen LogP contribution in [-0.4, -0.2) is 35.1 Å². The Morgan fingerprint density at radius 1 is 1.50 bits per heavy atom. The maximum absolute atomic E-state index is 10.8. The molecule has 0 amide bonds. The maximum Gasteiger partial charge on any atom is 0.307 e. The van der Waals surface area contributed by atoms with E-state index in [-0.39, 0.29) is 5.92 Å². The van der Waals surface area contributed by atoms with E-state index >= 15 is 0 Å².